The van der Waals surface area contributed by atoms with Gasteiger partial charge in [-0.1, -0.05) is 12.2 Å². The molecule has 0 fully saturated rings. The highest BCUT2D eigenvalue weighted by atomic mass is 32.2. The Kier molecular flexibility index (Phi) is 6.35. The number of hydrogen-bond donors (Lipinski definition) is 0. The smallest absolute Gasteiger partial charge is 0.236 e. The first kappa shape index (κ1) is 13.6. The first-order chi connectivity index (χ1) is 7.02. The molecule has 0 atom stereocenters. The van der Waals surface area contributed by atoms with E-state index < -0.39 is 12.3 Å². The Balaban J connectivity index is 4.44. The van der Waals surface area contributed by atoms with Gasteiger partial charge in [0.2, 0.25) is 0 Å². The van der Waals surface area contributed by atoms with Crippen molar-refractivity contribution in [3.05, 3.63) is 25.3 Å². The first-order valence-corrected chi connectivity index (χ1v) is 4.59. The van der Waals surface area contributed by atoms with Crippen molar-refractivity contribution >= 4 is 24.5 Å². The third kappa shape index (κ3) is 5.16. The Bertz CT molecular complexity index is 247. The third-order valence-electron chi connectivity index (χ3n) is 1.18. The van der Waals surface area contributed by atoms with E-state index in [0.717, 1.165) is 0 Å². The molecule has 0 aromatic carbocycles. The molecule has 0 aliphatic heterocycles. The van der Waals surface area contributed by atoms with Crippen LogP contribution in [0.1, 0.15) is 0 Å². The predicted octanol–water partition coefficient (Wildman–Crippen LogP) is 2.70. The molecular formula is C8H10F2N2O2S. The van der Waals surface area contributed by atoms with E-state index in [2.05, 4.69) is 13.2 Å². The molecule has 4 nitrogen and oxygen atoms in total. The first-order valence-electron chi connectivity index (χ1n) is 3.86. The average molecular weight is 236 g/mol. The maximum Gasteiger partial charge on any atom is 0.411 e. The number of carbonyl (C=O) groups is 2. The summed E-state index contributed by atoms with van der Waals surface area (Å²) in [6.07, 6.45) is -1.07. The van der Waals surface area contributed by atoms with Crippen molar-refractivity contribution in [1.29, 1.82) is 0 Å². The number of halogens is 2. The highest BCUT2D eigenvalue weighted by Crippen LogP contribution is 2.18. The zero-order valence-electron chi connectivity index (χ0n) is 7.86. The van der Waals surface area contributed by atoms with Crippen LogP contribution in [0.15, 0.2) is 25.3 Å². The van der Waals surface area contributed by atoms with E-state index in [1.807, 2.05) is 0 Å². The zero-order valence-corrected chi connectivity index (χ0v) is 8.67. The number of amides is 2. The maximum absolute atomic E-state index is 12.3. The van der Waals surface area contributed by atoms with E-state index in [-0.39, 0.29) is 13.1 Å². The number of carbonyl (C=O) groups excluding carboxylic acids is 2. The normalized spacial score (nSPS) is 9.20. The second kappa shape index (κ2) is 6.99. The molecule has 2 amide bonds. The number of hydrogen-bond acceptors (Lipinski definition) is 3. The van der Waals surface area contributed by atoms with Gasteiger partial charge in [-0.2, -0.15) is 0 Å². The fraction of sp³-hybridized carbons (Fsp3) is 0.250. The maximum atomic E-state index is 12.3. The molecule has 0 rings (SSSR count). The summed E-state index contributed by atoms with van der Waals surface area (Å²) in [5, 5.41) is 0. The quantitative estimate of drug-likeness (QED) is 0.308. The Morgan fingerprint density at radius 2 is 1.40 bits per heavy atom. The van der Waals surface area contributed by atoms with Gasteiger partial charge in [0.1, 0.15) is 0 Å². The van der Waals surface area contributed by atoms with E-state index in [1.54, 1.807) is 0 Å². The molecule has 7 heteroatoms. The minimum Gasteiger partial charge on any atom is -0.236 e. The van der Waals surface area contributed by atoms with Gasteiger partial charge in [-0.05, 0) is 0 Å². The molecule has 0 aliphatic carbocycles. The van der Waals surface area contributed by atoms with E-state index in [9.17, 15) is 18.4 Å². The molecule has 0 heterocycles. The Labute approximate surface area is 90.5 Å². The van der Waals surface area contributed by atoms with Crippen molar-refractivity contribution in [3.8, 4) is 0 Å². The Morgan fingerprint density at radius 3 is 1.60 bits per heavy atom. The Morgan fingerprint density at radius 1 is 1.07 bits per heavy atom. The zero-order chi connectivity index (χ0) is 11.8. The number of nitrogens with zero attached hydrogens (tertiary/aromatic N) is 2. The molecule has 0 aromatic rings. The van der Waals surface area contributed by atoms with Crippen LogP contribution in [0.5, 0.6) is 0 Å². The molecule has 0 bridgehead atoms. The summed E-state index contributed by atoms with van der Waals surface area (Å²) >= 11 is 0.330. The molecule has 0 aromatic heterocycles. The number of rotatable bonds is 6. The van der Waals surface area contributed by atoms with Crippen LogP contribution in [-0.2, 0) is 0 Å². The van der Waals surface area contributed by atoms with Crippen LogP contribution in [0.25, 0.3) is 0 Å². The second-order valence-corrected chi connectivity index (χ2v) is 3.33. The summed E-state index contributed by atoms with van der Waals surface area (Å²) in [5.41, 5.74) is 0. The van der Waals surface area contributed by atoms with Crippen LogP contribution in [0, 0.1) is 0 Å². The highest BCUT2D eigenvalue weighted by Gasteiger charge is 2.20. The van der Waals surface area contributed by atoms with Gasteiger partial charge in [-0.15, -0.1) is 21.9 Å². The van der Waals surface area contributed by atoms with E-state index in [1.165, 1.54) is 12.2 Å². The fourth-order valence-electron chi connectivity index (χ4n) is 0.628. The summed E-state index contributed by atoms with van der Waals surface area (Å²) in [6.45, 7) is 6.30. The fourth-order valence-corrected chi connectivity index (χ4v) is 1.34. The summed E-state index contributed by atoms with van der Waals surface area (Å²) in [7, 11) is 0. The summed E-state index contributed by atoms with van der Waals surface area (Å²) < 4.78 is 25.8. The van der Waals surface area contributed by atoms with Gasteiger partial charge < -0.3 is 0 Å². The van der Waals surface area contributed by atoms with Crippen molar-refractivity contribution in [2.45, 2.75) is 0 Å². The lowest BCUT2D eigenvalue weighted by Gasteiger charge is -2.21. The van der Waals surface area contributed by atoms with Gasteiger partial charge in [0, 0.05) is 0 Å². The second-order valence-electron chi connectivity index (χ2n) is 2.29. The minimum atomic E-state index is -1.78. The van der Waals surface area contributed by atoms with Crippen LogP contribution in [0.4, 0.5) is 18.4 Å². The molecule has 0 radical (unpaired) electrons. The van der Waals surface area contributed by atoms with Crippen LogP contribution in [-0.4, -0.2) is 34.0 Å². The standard InChI is InChI=1S/C8H10F2N2O2S/c1-3-5-11(7(9)13)15-12(6-4-2)8(10)14/h3-4H,1-2,5-6H2. The predicted molar refractivity (Wildman–Crippen MR) is 54.4 cm³/mol. The lowest BCUT2D eigenvalue weighted by Crippen LogP contribution is -2.29. The van der Waals surface area contributed by atoms with Crippen molar-refractivity contribution in [3.63, 3.8) is 0 Å². The Hall–Kier alpha value is -1.37. The molecule has 0 saturated carbocycles. The van der Waals surface area contributed by atoms with Gasteiger partial charge in [0.25, 0.3) is 0 Å². The average Bonchev–Trinajstić information content (AvgIpc) is 2.15. The largest absolute Gasteiger partial charge is 0.411 e. The summed E-state index contributed by atoms with van der Waals surface area (Å²) in [4.78, 5) is 20.8. The van der Waals surface area contributed by atoms with Crippen molar-refractivity contribution in [1.82, 2.24) is 8.61 Å². The summed E-state index contributed by atoms with van der Waals surface area (Å²) in [6, 6.07) is 0. The molecular weight excluding hydrogens is 226 g/mol. The SMILES string of the molecule is C=CCN(SN(CC=C)C(=O)F)C(=O)F. The van der Waals surface area contributed by atoms with Crippen LogP contribution in [0.3, 0.4) is 0 Å². The van der Waals surface area contributed by atoms with E-state index in [0.29, 0.717) is 20.7 Å². The third-order valence-corrected chi connectivity index (χ3v) is 2.16. The van der Waals surface area contributed by atoms with E-state index >= 15 is 0 Å². The highest BCUT2D eigenvalue weighted by molar-refractivity contribution is 7.95. The van der Waals surface area contributed by atoms with Gasteiger partial charge in [-0.25, -0.2) is 18.2 Å². The molecule has 0 unspecified atom stereocenters. The monoisotopic (exact) mass is 236 g/mol. The molecule has 0 saturated heterocycles. The molecule has 84 valence electrons. The van der Waals surface area contributed by atoms with Gasteiger partial charge in [0.05, 0.1) is 25.2 Å². The van der Waals surface area contributed by atoms with Crippen LogP contribution < -0.4 is 0 Å². The molecule has 0 spiro atoms. The van der Waals surface area contributed by atoms with Crippen molar-refractivity contribution < 1.29 is 18.4 Å². The summed E-state index contributed by atoms with van der Waals surface area (Å²) in [5.74, 6) is 0. The van der Waals surface area contributed by atoms with Gasteiger partial charge >= 0.3 is 12.3 Å². The molecule has 0 aliphatic rings. The van der Waals surface area contributed by atoms with Crippen LogP contribution >= 0.6 is 12.1 Å². The lowest BCUT2D eigenvalue weighted by molar-refractivity contribution is 0.201. The van der Waals surface area contributed by atoms with Crippen molar-refractivity contribution in [2.75, 3.05) is 13.1 Å². The molecule has 15 heavy (non-hydrogen) atoms. The van der Waals surface area contributed by atoms with E-state index in [4.69, 9.17) is 0 Å². The minimum absolute atomic E-state index is 0.138. The van der Waals surface area contributed by atoms with Gasteiger partial charge in [-0.3, -0.25) is 0 Å². The topological polar surface area (TPSA) is 40.6 Å². The lowest BCUT2D eigenvalue weighted by atomic mass is 10.6. The van der Waals surface area contributed by atoms with Gasteiger partial charge in [0.15, 0.2) is 0 Å². The molecule has 0 N–H and O–H groups in total. The van der Waals surface area contributed by atoms with Crippen LogP contribution in [0.2, 0.25) is 0 Å². The van der Waals surface area contributed by atoms with Crippen molar-refractivity contribution in [2.24, 2.45) is 0 Å².